The number of hydrogen-bond acceptors (Lipinski definition) is 2. The molecule has 0 amide bonds. The molecule has 0 aliphatic heterocycles. The van der Waals surface area contributed by atoms with E-state index in [1.165, 1.54) is 10.9 Å². The predicted molar refractivity (Wildman–Crippen MR) is 41.1 cm³/mol. The van der Waals surface area contributed by atoms with Gasteiger partial charge in [-0.1, -0.05) is 0 Å². The van der Waals surface area contributed by atoms with Crippen LogP contribution in [0, 0.1) is 0 Å². The maximum Gasteiger partial charge on any atom is 0.271 e. The highest BCUT2D eigenvalue weighted by Crippen LogP contribution is 2.16. The molecule has 0 N–H and O–H groups in total. The second kappa shape index (κ2) is 2.72. The number of carbonyl (C=O) groups excluding carboxylic acids is 1. The second-order valence-electron chi connectivity index (χ2n) is 1.74. The molecule has 5 heteroatoms. The van der Waals surface area contributed by atoms with Crippen LogP contribution in [0.25, 0.3) is 0 Å². The maximum absolute atomic E-state index is 10.6. The lowest BCUT2D eigenvalue weighted by Crippen LogP contribution is -2.01. The van der Waals surface area contributed by atoms with Gasteiger partial charge in [0.1, 0.15) is 5.69 Å². The molecule has 0 aromatic carbocycles. The molecule has 0 radical (unpaired) electrons. The SMILES string of the molecule is Cn1ncc(Br)c1C(=O)Cl. The zero-order valence-electron chi connectivity index (χ0n) is 5.14. The molecule has 10 heavy (non-hydrogen) atoms. The molecule has 0 saturated heterocycles. The molecule has 0 unspecified atom stereocenters. The minimum absolute atomic E-state index is 0.377. The summed E-state index contributed by atoms with van der Waals surface area (Å²) in [5.74, 6) is 0. The Hall–Kier alpha value is -0.350. The lowest BCUT2D eigenvalue weighted by molar-refractivity contribution is 0.107. The largest absolute Gasteiger partial charge is 0.274 e. The molecule has 54 valence electrons. The molecule has 3 nitrogen and oxygen atoms in total. The molecule has 0 atom stereocenters. The van der Waals surface area contributed by atoms with E-state index in [1.807, 2.05) is 0 Å². The lowest BCUT2D eigenvalue weighted by Gasteiger charge is -1.92. The van der Waals surface area contributed by atoms with Crippen LogP contribution in [0.1, 0.15) is 10.5 Å². The Kier molecular flexibility index (Phi) is 2.11. The fourth-order valence-electron chi connectivity index (χ4n) is 0.632. The average Bonchev–Trinajstić information content (AvgIpc) is 2.11. The number of aromatic nitrogens is 2. The normalized spacial score (nSPS) is 9.90. The van der Waals surface area contributed by atoms with Gasteiger partial charge < -0.3 is 0 Å². The fourth-order valence-corrected chi connectivity index (χ4v) is 1.50. The van der Waals surface area contributed by atoms with Crippen LogP contribution in [-0.2, 0) is 7.05 Å². The highest BCUT2D eigenvalue weighted by molar-refractivity contribution is 9.10. The summed E-state index contributed by atoms with van der Waals surface area (Å²) in [6.45, 7) is 0. The summed E-state index contributed by atoms with van der Waals surface area (Å²) >= 11 is 8.35. The fraction of sp³-hybridized carbons (Fsp3) is 0.200. The van der Waals surface area contributed by atoms with Gasteiger partial charge in [0.2, 0.25) is 0 Å². The van der Waals surface area contributed by atoms with E-state index >= 15 is 0 Å². The zero-order valence-corrected chi connectivity index (χ0v) is 7.48. The van der Waals surface area contributed by atoms with Gasteiger partial charge in [0, 0.05) is 7.05 Å². The van der Waals surface area contributed by atoms with Crippen molar-refractivity contribution < 1.29 is 4.79 Å². The first-order chi connectivity index (χ1) is 4.63. The number of aryl methyl sites for hydroxylation is 1. The second-order valence-corrected chi connectivity index (χ2v) is 2.94. The number of nitrogens with zero attached hydrogens (tertiary/aromatic N) is 2. The highest BCUT2D eigenvalue weighted by Gasteiger charge is 2.11. The maximum atomic E-state index is 10.6. The third-order valence-corrected chi connectivity index (χ3v) is 1.84. The Balaban J connectivity index is 3.23. The summed E-state index contributed by atoms with van der Waals surface area (Å²) in [4.78, 5) is 10.6. The highest BCUT2D eigenvalue weighted by atomic mass is 79.9. The molecule has 0 spiro atoms. The summed E-state index contributed by atoms with van der Waals surface area (Å²) in [5.41, 5.74) is 0.377. The summed E-state index contributed by atoms with van der Waals surface area (Å²) in [5, 5.41) is 3.29. The van der Waals surface area contributed by atoms with Crippen molar-refractivity contribution in [2.24, 2.45) is 7.05 Å². The molecule has 1 heterocycles. The van der Waals surface area contributed by atoms with E-state index in [2.05, 4.69) is 21.0 Å². The molecule has 0 bridgehead atoms. The van der Waals surface area contributed by atoms with Crippen LogP contribution in [0.5, 0.6) is 0 Å². The van der Waals surface area contributed by atoms with Crippen molar-refractivity contribution in [1.82, 2.24) is 9.78 Å². The Morgan fingerprint density at radius 1 is 1.90 bits per heavy atom. The van der Waals surface area contributed by atoms with Gasteiger partial charge >= 0.3 is 0 Å². The van der Waals surface area contributed by atoms with Gasteiger partial charge in [0.15, 0.2) is 0 Å². The van der Waals surface area contributed by atoms with E-state index in [1.54, 1.807) is 7.05 Å². The van der Waals surface area contributed by atoms with Crippen LogP contribution in [-0.4, -0.2) is 15.0 Å². The number of rotatable bonds is 1. The first-order valence-electron chi connectivity index (χ1n) is 2.50. The van der Waals surface area contributed by atoms with Crippen molar-refractivity contribution in [1.29, 1.82) is 0 Å². The molecule has 0 aliphatic rings. The predicted octanol–water partition coefficient (Wildman–Crippen LogP) is 1.56. The van der Waals surface area contributed by atoms with Gasteiger partial charge in [0.05, 0.1) is 10.7 Å². The minimum atomic E-state index is -0.508. The molecule has 0 saturated carbocycles. The molecule has 1 aromatic heterocycles. The zero-order chi connectivity index (χ0) is 7.72. The first kappa shape index (κ1) is 7.75. The standard InChI is InChI=1S/C5H4BrClN2O/c1-9-4(5(7)10)3(6)2-8-9/h2H,1H3. The van der Waals surface area contributed by atoms with Gasteiger partial charge in [-0.25, -0.2) is 0 Å². The molecule has 0 aliphatic carbocycles. The van der Waals surface area contributed by atoms with Gasteiger partial charge in [-0.2, -0.15) is 5.10 Å². The topological polar surface area (TPSA) is 34.9 Å². The van der Waals surface area contributed by atoms with Crippen LogP contribution in [0.2, 0.25) is 0 Å². The van der Waals surface area contributed by atoms with E-state index in [4.69, 9.17) is 11.6 Å². The van der Waals surface area contributed by atoms with E-state index in [0.717, 1.165) is 0 Å². The van der Waals surface area contributed by atoms with Gasteiger partial charge in [-0.15, -0.1) is 0 Å². The molecular formula is C5H4BrClN2O. The van der Waals surface area contributed by atoms with Crippen molar-refractivity contribution in [2.75, 3.05) is 0 Å². The number of carbonyl (C=O) groups is 1. The molecule has 1 aromatic rings. The summed E-state index contributed by atoms with van der Waals surface area (Å²) in [6.07, 6.45) is 1.52. The Bertz CT molecular complexity index is 251. The molecule has 1 rings (SSSR count). The van der Waals surface area contributed by atoms with Crippen LogP contribution >= 0.6 is 27.5 Å². The van der Waals surface area contributed by atoms with Crippen LogP contribution < -0.4 is 0 Å². The third-order valence-electron chi connectivity index (χ3n) is 1.08. The van der Waals surface area contributed by atoms with Gasteiger partial charge in [-0.05, 0) is 27.5 Å². The molecule has 0 fully saturated rings. The third kappa shape index (κ3) is 1.22. The number of halogens is 2. The smallest absolute Gasteiger partial charge is 0.271 e. The van der Waals surface area contributed by atoms with Gasteiger partial charge in [0.25, 0.3) is 5.24 Å². The lowest BCUT2D eigenvalue weighted by atomic mass is 10.5. The Morgan fingerprint density at radius 3 is 2.70 bits per heavy atom. The van der Waals surface area contributed by atoms with E-state index in [9.17, 15) is 4.79 Å². The van der Waals surface area contributed by atoms with Crippen LogP contribution in [0.4, 0.5) is 0 Å². The van der Waals surface area contributed by atoms with E-state index in [0.29, 0.717) is 10.2 Å². The molecular weight excluding hydrogens is 219 g/mol. The van der Waals surface area contributed by atoms with Crippen molar-refractivity contribution in [3.8, 4) is 0 Å². The average molecular weight is 223 g/mol. The van der Waals surface area contributed by atoms with E-state index in [-0.39, 0.29) is 0 Å². The quantitative estimate of drug-likeness (QED) is 0.677. The van der Waals surface area contributed by atoms with Crippen LogP contribution in [0.15, 0.2) is 10.7 Å². The Morgan fingerprint density at radius 2 is 2.50 bits per heavy atom. The van der Waals surface area contributed by atoms with Crippen molar-refractivity contribution in [3.05, 3.63) is 16.4 Å². The van der Waals surface area contributed by atoms with E-state index < -0.39 is 5.24 Å². The summed E-state index contributed by atoms with van der Waals surface area (Å²) in [6, 6.07) is 0. The monoisotopic (exact) mass is 222 g/mol. The summed E-state index contributed by atoms with van der Waals surface area (Å²) in [7, 11) is 1.65. The summed E-state index contributed by atoms with van der Waals surface area (Å²) < 4.78 is 2.04. The van der Waals surface area contributed by atoms with Gasteiger partial charge in [-0.3, -0.25) is 9.48 Å². The number of hydrogen-bond donors (Lipinski definition) is 0. The van der Waals surface area contributed by atoms with Crippen molar-refractivity contribution in [2.45, 2.75) is 0 Å². The van der Waals surface area contributed by atoms with Crippen molar-refractivity contribution in [3.63, 3.8) is 0 Å². The minimum Gasteiger partial charge on any atom is -0.274 e. The van der Waals surface area contributed by atoms with Crippen LogP contribution in [0.3, 0.4) is 0 Å². The van der Waals surface area contributed by atoms with Crippen molar-refractivity contribution >= 4 is 32.8 Å². The Labute approximate surface area is 71.1 Å². The first-order valence-corrected chi connectivity index (χ1v) is 3.67.